The second-order valence-corrected chi connectivity index (χ2v) is 6.48. The fourth-order valence-electron chi connectivity index (χ4n) is 1.96. The summed E-state index contributed by atoms with van der Waals surface area (Å²) >= 11 is 1.52. The lowest BCUT2D eigenvalue weighted by molar-refractivity contribution is -0.131. The molecular weight excluding hydrogens is 262 g/mol. The minimum absolute atomic E-state index is 0.112. The molecule has 0 aliphatic heterocycles. The minimum Gasteiger partial charge on any atom is -0.478 e. The van der Waals surface area contributed by atoms with Crippen LogP contribution in [0.5, 0.6) is 0 Å². The topological polar surface area (TPSA) is 66.4 Å². The standard InChI is InChI=1S/C14H17NO3S/c1-14(2)6-11(14)13(18)15-7-10-5-9(8-19-10)3-4-12(16)17/h3-5,8,11H,6-7H2,1-2H3,(H,15,18)(H,16,17)/b4-3+. The van der Waals surface area contributed by atoms with Crippen LogP contribution in [0.15, 0.2) is 17.5 Å². The van der Waals surface area contributed by atoms with E-state index in [1.165, 1.54) is 11.3 Å². The molecule has 1 heterocycles. The molecule has 1 aromatic rings. The summed E-state index contributed by atoms with van der Waals surface area (Å²) in [6, 6.07) is 1.89. The van der Waals surface area contributed by atoms with E-state index < -0.39 is 5.97 Å². The van der Waals surface area contributed by atoms with Crippen LogP contribution in [0.4, 0.5) is 0 Å². The third kappa shape index (κ3) is 3.67. The molecule has 0 bridgehead atoms. The molecule has 0 saturated heterocycles. The summed E-state index contributed by atoms with van der Waals surface area (Å²) in [5.41, 5.74) is 0.998. The van der Waals surface area contributed by atoms with Crippen LogP contribution in [-0.4, -0.2) is 17.0 Å². The van der Waals surface area contributed by atoms with Crippen LogP contribution in [0.2, 0.25) is 0 Å². The van der Waals surface area contributed by atoms with Gasteiger partial charge in [0.15, 0.2) is 0 Å². The molecule has 19 heavy (non-hydrogen) atoms. The Balaban J connectivity index is 1.84. The van der Waals surface area contributed by atoms with E-state index in [1.807, 2.05) is 11.4 Å². The zero-order chi connectivity index (χ0) is 14.0. The van der Waals surface area contributed by atoms with Crippen LogP contribution in [0.25, 0.3) is 6.08 Å². The van der Waals surface area contributed by atoms with Gasteiger partial charge in [-0.25, -0.2) is 4.79 Å². The maximum Gasteiger partial charge on any atom is 0.328 e. The van der Waals surface area contributed by atoms with Gasteiger partial charge < -0.3 is 10.4 Å². The second-order valence-electron chi connectivity index (χ2n) is 5.48. The average Bonchev–Trinajstić information content (AvgIpc) is 2.77. The van der Waals surface area contributed by atoms with Crippen LogP contribution >= 0.6 is 11.3 Å². The lowest BCUT2D eigenvalue weighted by Gasteiger charge is -2.04. The van der Waals surface area contributed by atoms with Crippen molar-refractivity contribution < 1.29 is 14.7 Å². The van der Waals surface area contributed by atoms with Gasteiger partial charge in [0, 0.05) is 16.9 Å². The maximum absolute atomic E-state index is 11.8. The van der Waals surface area contributed by atoms with E-state index in [9.17, 15) is 9.59 Å². The normalized spacial score (nSPS) is 20.4. The number of carbonyl (C=O) groups excluding carboxylic acids is 1. The van der Waals surface area contributed by atoms with E-state index in [0.29, 0.717) is 6.54 Å². The molecule has 1 aliphatic carbocycles. The average molecular weight is 279 g/mol. The third-order valence-corrected chi connectivity index (χ3v) is 4.31. The van der Waals surface area contributed by atoms with Crippen LogP contribution in [-0.2, 0) is 16.1 Å². The van der Waals surface area contributed by atoms with Gasteiger partial charge >= 0.3 is 5.97 Å². The molecule has 0 spiro atoms. The molecular formula is C14H17NO3S. The fraction of sp³-hybridized carbons (Fsp3) is 0.429. The van der Waals surface area contributed by atoms with E-state index >= 15 is 0 Å². The molecule has 1 fully saturated rings. The first kappa shape index (κ1) is 13.8. The number of carboxylic acid groups (broad SMARTS) is 1. The quantitative estimate of drug-likeness (QED) is 0.814. The Kier molecular flexibility index (Phi) is 3.75. The number of nitrogens with one attached hydrogen (secondary N) is 1. The van der Waals surface area contributed by atoms with E-state index in [4.69, 9.17) is 5.11 Å². The third-order valence-electron chi connectivity index (χ3n) is 3.36. The van der Waals surface area contributed by atoms with Crippen molar-refractivity contribution in [3.05, 3.63) is 28.0 Å². The lowest BCUT2D eigenvalue weighted by atomic mass is 10.1. The summed E-state index contributed by atoms with van der Waals surface area (Å²) in [6.07, 6.45) is 3.61. The molecule has 2 N–H and O–H groups in total. The summed E-state index contributed by atoms with van der Waals surface area (Å²) in [7, 11) is 0. The molecule has 1 amide bonds. The largest absolute Gasteiger partial charge is 0.478 e. The van der Waals surface area contributed by atoms with Gasteiger partial charge in [-0.05, 0) is 34.9 Å². The summed E-state index contributed by atoms with van der Waals surface area (Å²) in [5, 5.41) is 13.3. The smallest absolute Gasteiger partial charge is 0.328 e. The van der Waals surface area contributed by atoms with Gasteiger partial charge in [0.25, 0.3) is 0 Å². The van der Waals surface area contributed by atoms with Gasteiger partial charge in [0.05, 0.1) is 6.54 Å². The first-order valence-corrected chi connectivity index (χ1v) is 7.02. The predicted molar refractivity (Wildman–Crippen MR) is 74.7 cm³/mol. The Hall–Kier alpha value is -1.62. The number of carbonyl (C=O) groups is 2. The van der Waals surface area contributed by atoms with Crippen LogP contribution in [0.1, 0.15) is 30.7 Å². The van der Waals surface area contributed by atoms with Crippen molar-refractivity contribution in [1.82, 2.24) is 5.32 Å². The molecule has 0 aromatic carbocycles. The number of amides is 1. The fourth-order valence-corrected chi connectivity index (χ4v) is 2.75. The minimum atomic E-state index is -0.961. The van der Waals surface area contributed by atoms with E-state index in [0.717, 1.165) is 22.9 Å². The van der Waals surface area contributed by atoms with Crippen LogP contribution in [0, 0.1) is 11.3 Å². The highest BCUT2D eigenvalue weighted by atomic mass is 32.1. The van der Waals surface area contributed by atoms with Gasteiger partial charge in [-0.2, -0.15) is 0 Å². The summed E-state index contributed by atoms with van der Waals surface area (Å²) in [5.74, 6) is -0.711. The molecule has 1 atom stereocenters. The van der Waals surface area contributed by atoms with Gasteiger partial charge in [-0.3, -0.25) is 4.79 Å². The van der Waals surface area contributed by atoms with Crippen molar-refractivity contribution in [2.45, 2.75) is 26.8 Å². The van der Waals surface area contributed by atoms with Crippen molar-refractivity contribution in [3.63, 3.8) is 0 Å². The Labute approximate surface area is 116 Å². The van der Waals surface area contributed by atoms with Crippen molar-refractivity contribution >= 4 is 29.3 Å². The zero-order valence-corrected chi connectivity index (χ0v) is 11.8. The summed E-state index contributed by atoms with van der Waals surface area (Å²) < 4.78 is 0. The van der Waals surface area contributed by atoms with Gasteiger partial charge in [-0.15, -0.1) is 11.3 Å². The van der Waals surface area contributed by atoms with Crippen molar-refractivity contribution in [2.24, 2.45) is 11.3 Å². The molecule has 1 aliphatic rings. The molecule has 102 valence electrons. The highest BCUT2D eigenvalue weighted by Crippen LogP contribution is 2.51. The molecule has 2 rings (SSSR count). The van der Waals surface area contributed by atoms with Gasteiger partial charge in [0.2, 0.25) is 5.91 Å². The van der Waals surface area contributed by atoms with Crippen LogP contribution in [0.3, 0.4) is 0 Å². The number of aliphatic carboxylic acids is 1. The van der Waals surface area contributed by atoms with Gasteiger partial charge in [-0.1, -0.05) is 13.8 Å². The second kappa shape index (κ2) is 5.17. The number of carboxylic acids is 1. The van der Waals surface area contributed by atoms with E-state index in [1.54, 1.807) is 6.08 Å². The Morgan fingerprint density at radius 2 is 2.26 bits per heavy atom. The molecule has 1 unspecified atom stereocenters. The van der Waals surface area contributed by atoms with Crippen molar-refractivity contribution in [2.75, 3.05) is 0 Å². The SMILES string of the molecule is CC1(C)CC1C(=O)NCc1cc(/C=C/C(=O)O)cs1. The molecule has 5 heteroatoms. The maximum atomic E-state index is 11.8. The first-order valence-electron chi connectivity index (χ1n) is 6.14. The monoisotopic (exact) mass is 279 g/mol. The highest BCUT2D eigenvalue weighted by molar-refractivity contribution is 7.10. The number of thiophene rings is 1. The summed E-state index contributed by atoms with van der Waals surface area (Å²) in [4.78, 5) is 23.2. The first-order chi connectivity index (χ1) is 8.88. The Bertz CT molecular complexity index is 531. The zero-order valence-electron chi connectivity index (χ0n) is 11.0. The van der Waals surface area contributed by atoms with Crippen molar-refractivity contribution in [3.8, 4) is 0 Å². The molecule has 0 radical (unpaired) electrons. The molecule has 4 nitrogen and oxygen atoms in total. The van der Waals surface area contributed by atoms with Crippen LogP contribution < -0.4 is 5.32 Å². The lowest BCUT2D eigenvalue weighted by Crippen LogP contribution is -2.25. The molecule has 1 saturated carbocycles. The van der Waals surface area contributed by atoms with E-state index in [-0.39, 0.29) is 17.2 Å². The number of hydrogen-bond acceptors (Lipinski definition) is 3. The number of rotatable bonds is 5. The molecule has 1 aromatic heterocycles. The Morgan fingerprint density at radius 3 is 2.84 bits per heavy atom. The Morgan fingerprint density at radius 1 is 1.58 bits per heavy atom. The van der Waals surface area contributed by atoms with Gasteiger partial charge in [0.1, 0.15) is 0 Å². The predicted octanol–water partition coefficient (Wildman–Crippen LogP) is 2.51. The highest BCUT2D eigenvalue weighted by Gasteiger charge is 2.50. The summed E-state index contributed by atoms with van der Waals surface area (Å²) in [6.45, 7) is 4.70. The number of hydrogen-bond donors (Lipinski definition) is 2. The van der Waals surface area contributed by atoms with Crippen molar-refractivity contribution in [1.29, 1.82) is 0 Å². The van der Waals surface area contributed by atoms with E-state index in [2.05, 4.69) is 19.2 Å².